The van der Waals surface area contributed by atoms with Crippen molar-refractivity contribution in [2.45, 2.75) is 89.4 Å². The summed E-state index contributed by atoms with van der Waals surface area (Å²) < 4.78 is 11.0. The highest BCUT2D eigenvalue weighted by atomic mass is 16.7. The Hall–Kier alpha value is -0.320. The van der Waals surface area contributed by atoms with Crippen LogP contribution in [-0.2, 0) is 9.47 Å². The standard InChI is InChI=1S/C19H36O8/c1-10-6-11(22)7-19(2,3)13(10)5-4-12(8-20)26-18-17(25)16(24)15(23)14(9-21)27-18/h10-18,20-25H,4-9H2,1-3H3/t10-,11+,12+,13+,14-,15-,16+,17-,18+/m1/s1. The van der Waals surface area contributed by atoms with Crippen LogP contribution in [0, 0.1) is 17.3 Å². The molecule has 8 nitrogen and oxygen atoms in total. The first-order valence-corrected chi connectivity index (χ1v) is 9.85. The Balaban J connectivity index is 1.95. The second-order valence-electron chi connectivity index (χ2n) is 8.88. The van der Waals surface area contributed by atoms with Gasteiger partial charge in [-0.25, -0.2) is 0 Å². The lowest BCUT2D eigenvalue weighted by Crippen LogP contribution is -2.59. The number of rotatable bonds is 7. The molecule has 0 aromatic rings. The smallest absolute Gasteiger partial charge is 0.187 e. The summed E-state index contributed by atoms with van der Waals surface area (Å²) in [6, 6.07) is 0. The van der Waals surface area contributed by atoms with Gasteiger partial charge in [0.1, 0.15) is 24.4 Å². The van der Waals surface area contributed by atoms with E-state index in [4.69, 9.17) is 9.47 Å². The second kappa shape index (κ2) is 9.45. The number of hydrogen-bond donors (Lipinski definition) is 6. The summed E-state index contributed by atoms with van der Waals surface area (Å²) in [6.07, 6.45) is -4.78. The van der Waals surface area contributed by atoms with Gasteiger partial charge in [0, 0.05) is 0 Å². The molecule has 0 spiro atoms. The first-order chi connectivity index (χ1) is 12.6. The van der Waals surface area contributed by atoms with E-state index in [1.54, 1.807) is 0 Å². The molecule has 2 aliphatic rings. The van der Waals surface area contributed by atoms with Crippen LogP contribution in [0.1, 0.15) is 46.5 Å². The Labute approximate surface area is 160 Å². The maximum absolute atomic E-state index is 10.1. The molecule has 0 radical (unpaired) electrons. The summed E-state index contributed by atoms with van der Waals surface area (Å²) in [4.78, 5) is 0. The normalized spacial score (nSPS) is 43.4. The van der Waals surface area contributed by atoms with Crippen molar-refractivity contribution in [1.82, 2.24) is 0 Å². The zero-order chi connectivity index (χ0) is 20.4. The molecule has 1 heterocycles. The molecule has 2 rings (SSSR count). The molecule has 0 bridgehead atoms. The first kappa shape index (κ1) is 23.0. The summed E-state index contributed by atoms with van der Waals surface area (Å²) in [5.74, 6) is 0.698. The van der Waals surface area contributed by atoms with E-state index in [-0.39, 0.29) is 18.1 Å². The van der Waals surface area contributed by atoms with Crippen LogP contribution >= 0.6 is 0 Å². The number of hydrogen-bond acceptors (Lipinski definition) is 8. The molecule has 1 saturated carbocycles. The average molecular weight is 392 g/mol. The van der Waals surface area contributed by atoms with E-state index < -0.39 is 43.4 Å². The minimum Gasteiger partial charge on any atom is -0.394 e. The van der Waals surface area contributed by atoms with E-state index in [9.17, 15) is 30.6 Å². The van der Waals surface area contributed by atoms with Crippen LogP contribution in [0.2, 0.25) is 0 Å². The molecule has 2 fully saturated rings. The fourth-order valence-corrected chi connectivity index (χ4v) is 4.82. The SMILES string of the molecule is C[C@@H]1C[C@H](O)CC(C)(C)[C@H]1CC[C@@H](CO)O[C@H]1O[C@H](CO)[C@@H](O)[C@H](O)[C@H]1O. The topological polar surface area (TPSA) is 140 Å². The molecular weight excluding hydrogens is 356 g/mol. The van der Waals surface area contributed by atoms with Crippen molar-refractivity contribution in [3.05, 3.63) is 0 Å². The van der Waals surface area contributed by atoms with Crippen molar-refractivity contribution >= 4 is 0 Å². The van der Waals surface area contributed by atoms with Gasteiger partial charge >= 0.3 is 0 Å². The van der Waals surface area contributed by atoms with E-state index in [0.29, 0.717) is 18.3 Å². The second-order valence-corrected chi connectivity index (χ2v) is 8.88. The third-order valence-corrected chi connectivity index (χ3v) is 6.27. The maximum atomic E-state index is 10.1. The highest BCUT2D eigenvalue weighted by Gasteiger charge is 2.45. The predicted octanol–water partition coefficient (Wildman–Crippen LogP) is -0.623. The Kier molecular flexibility index (Phi) is 8.04. The molecule has 9 atom stereocenters. The monoisotopic (exact) mass is 392 g/mol. The van der Waals surface area contributed by atoms with E-state index in [2.05, 4.69) is 20.8 Å². The molecule has 0 aromatic heterocycles. The summed E-state index contributed by atoms with van der Waals surface area (Å²) in [5.41, 5.74) is -0.0276. The summed E-state index contributed by atoms with van der Waals surface area (Å²) in [6.45, 7) is 5.61. The highest BCUT2D eigenvalue weighted by Crippen LogP contribution is 2.46. The van der Waals surface area contributed by atoms with Crippen LogP contribution in [0.3, 0.4) is 0 Å². The zero-order valence-corrected chi connectivity index (χ0v) is 16.4. The van der Waals surface area contributed by atoms with Gasteiger partial charge in [0.05, 0.1) is 25.4 Å². The lowest BCUT2D eigenvalue weighted by molar-refractivity contribution is -0.313. The zero-order valence-electron chi connectivity index (χ0n) is 16.4. The Morgan fingerprint density at radius 2 is 1.74 bits per heavy atom. The van der Waals surface area contributed by atoms with Crippen LogP contribution in [0.25, 0.3) is 0 Å². The van der Waals surface area contributed by atoms with Crippen LogP contribution in [0.15, 0.2) is 0 Å². The van der Waals surface area contributed by atoms with E-state index >= 15 is 0 Å². The Morgan fingerprint density at radius 3 is 2.30 bits per heavy atom. The Morgan fingerprint density at radius 1 is 1.07 bits per heavy atom. The van der Waals surface area contributed by atoms with Gasteiger partial charge in [-0.1, -0.05) is 20.8 Å². The lowest BCUT2D eigenvalue weighted by Gasteiger charge is -2.46. The molecule has 0 aromatic carbocycles. The number of aliphatic hydroxyl groups is 6. The van der Waals surface area contributed by atoms with Crippen molar-refractivity contribution < 1.29 is 40.1 Å². The molecule has 1 aliphatic carbocycles. The van der Waals surface area contributed by atoms with Gasteiger partial charge in [-0.15, -0.1) is 0 Å². The molecule has 27 heavy (non-hydrogen) atoms. The maximum Gasteiger partial charge on any atom is 0.187 e. The van der Waals surface area contributed by atoms with Gasteiger partial charge in [-0.3, -0.25) is 0 Å². The largest absolute Gasteiger partial charge is 0.394 e. The third-order valence-electron chi connectivity index (χ3n) is 6.27. The summed E-state index contributed by atoms with van der Waals surface area (Å²) >= 11 is 0. The lowest BCUT2D eigenvalue weighted by atomic mass is 9.61. The highest BCUT2D eigenvalue weighted by molar-refractivity contribution is 4.91. The van der Waals surface area contributed by atoms with Crippen LogP contribution in [0.4, 0.5) is 0 Å². The Bertz CT molecular complexity index is 457. The molecular formula is C19H36O8. The van der Waals surface area contributed by atoms with Crippen molar-refractivity contribution in [1.29, 1.82) is 0 Å². The van der Waals surface area contributed by atoms with Gasteiger partial charge in [-0.05, 0) is 42.9 Å². The van der Waals surface area contributed by atoms with Gasteiger partial charge < -0.3 is 40.1 Å². The fourth-order valence-electron chi connectivity index (χ4n) is 4.82. The van der Waals surface area contributed by atoms with Crippen molar-refractivity contribution in [2.75, 3.05) is 13.2 Å². The summed E-state index contributed by atoms with van der Waals surface area (Å²) in [5, 5.41) is 58.7. The fraction of sp³-hybridized carbons (Fsp3) is 1.00. The molecule has 0 unspecified atom stereocenters. The van der Waals surface area contributed by atoms with Crippen molar-refractivity contribution in [3.63, 3.8) is 0 Å². The van der Waals surface area contributed by atoms with Gasteiger partial charge in [0.15, 0.2) is 6.29 Å². The quantitative estimate of drug-likeness (QED) is 0.337. The van der Waals surface area contributed by atoms with Crippen LogP contribution in [0.5, 0.6) is 0 Å². The van der Waals surface area contributed by atoms with Crippen molar-refractivity contribution in [2.24, 2.45) is 17.3 Å². The molecule has 160 valence electrons. The minimum absolute atomic E-state index is 0.0276. The molecule has 6 N–H and O–H groups in total. The predicted molar refractivity (Wildman–Crippen MR) is 96.6 cm³/mol. The first-order valence-electron chi connectivity index (χ1n) is 9.85. The molecule has 8 heteroatoms. The average Bonchev–Trinajstić information content (AvgIpc) is 2.59. The van der Waals surface area contributed by atoms with Crippen LogP contribution < -0.4 is 0 Å². The van der Waals surface area contributed by atoms with Gasteiger partial charge in [-0.2, -0.15) is 0 Å². The number of ether oxygens (including phenoxy) is 2. The number of aliphatic hydroxyl groups excluding tert-OH is 6. The minimum atomic E-state index is -1.50. The third kappa shape index (κ3) is 5.39. The van der Waals surface area contributed by atoms with Gasteiger partial charge in [0.2, 0.25) is 0 Å². The van der Waals surface area contributed by atoms with E-state index in [1.807, 2.05) is 0 Å². The van der Waals surface area contributed by atoms with Gasteiger partial charge in [0.25, 0.3) is 0 Å². The van der Waals surface area contributed by atoms with E-state index in [0.717, 1.165) is 19.3 Å². The molecule has 1 saturated heterocycles. The molecule has 0 amide bonds. The van der Waals surface area contributed by atoms with Crippen molar-refractivity contribution in [3.8, 4) is 0 Å². The molecule has 1 aliphatic heterocycles. The summed E-state index contributed by atoms with van der Waals surface area (Å²) in [7, 11) is 0. The van der Waals surface area contributed by atoms with Crippen LogP contribution in [-0.4, -0.2) is 86.8 Å². The van der Waals surface area contributed by atoms with E-state index in [1.165, 1.54) is 0 Å².